The van der Waals surface area contributed by atoms with Crippen LogP contribution in [-0.4, -0.2) is 115 Å². The van der Waals surface area contributed by atoms with Crippen LogP contribution in [0.25, 0.3) is 0 Å². The minimum atomic E-state index is -4.40. The van der Waals surface area contributed by atoms with Crippen LogP contribution in [-0.2, 0) is 4.74 Å². The maximum Gasteiger partial charge on any atom is 0.411 e. The van der Waals surface area contributed by atoms with Gasteiger partial charge in [-0.1, -0.05) is 0 Å². The smallest absolute Gasteiger partial charge is 0.378 e. The molecule has 4 heterocycles. The third-order valence-corrected chi connectivity index (χ3v) is 5.82. The van der Waals surface area contributed by atoms with Gasteiger partial charge in [0.2, 0.25) is 5.95 Å². The number of rotatable bonds is 11. The predicted octanol–water partition coefficient (Wildman–Crippen LogP) is 0.684. The second-order valence-electron chi connectivity index (χ2n) is 8.65. The summed E-state index contributed by atoms with van der Waals surface area (Å²) < 4.78 is 42.2. The Morgan fingerprint density at radius 1 is 1.08 bits per heavy atom. The van der Waals surface area contributed by atoms with Crippen LogP contribution < -0.4 is 26.2 Å². The SMILES string of the molecule is N=C(CN1CCNCC1)c1nc(N2CCNCC2)nc(Nc2ccncn2)c1NCCOCC(F)(F)F. The highest BCUT2D eigenvalue weighted by molar-refractivity contribution is 6.05. The normalized spacial score (nSPS) is 17.0. The quantitative estimate of drug-likeness (QED) is 0.210. The van der Waals surface area contributed by atoms with Crippen molar-refractivity contribution < 1.29 is 17.9 Å². The number of piperazine rings is 2. The maximum absolute atomic E-state index is 12.5. The molecule has 4 rings (SSSR count). The van der Waals surface area contributed by atoms with Gasteiger partial charge in [0.15, 0.2) is 5.82 Å². The molecule has 0 saturated carbocycles. The zero-order valence-electron chi connectivity index (χ0n) is 20.4. The molecule has 0 unspecified atom stereocenters. The van der Waals surface area contributed by atoms with Crippen molar-refractivity contribution in [3.8, 4) is 0 Å². The lowest BCUT2D eigenvalue weighted by atomic mass is 10.1. The van der Waals surface area contributed by atoms with E-state index in [1.807, 2.05) is 4.90 Å². The Hall–Kier alpha value is -3.14. The van der Waals surface area contributed by atoms with Crippen LogP contribution in [0.4, 0.5) is 36.4 Å². The number of ether oxygens (including phenoxy) is 1. The zero-order valence-corrected chi connectivity index (χ0v) is 20.4. The highest BCUT2D eigenvalue weighted by atomic mass is 19.4. The fourth-order valence-electron chi connectivity index (χ4n) is 4.02. The van der Waals surface area contributed by atoms with E-state index in [1.165, 1.54) is 6.33 Å². The number of nitrogens with zero attached hydrogens (tertiary/aromatic N) is 6. The summed E-state index contributed by atoms with van der Waals surface area (Å²) in [6.07, 6.45) is -1.42. The Labute approximate surface area is 212 Å². The summed E-state index contributed by atoms with van der Waals surface area (Å²) >= 11 is 0. The molecule has 0 bridgehead atoms. The largest absolute Gasteiger partial charge is 0.411 e. The Morgan fingerprint density at radius 3 is 2.49 bits per heavy atom. The van der Waals surface area contributed by atoms with E-state index in [0.717, 1.165) is 39.3 Å². The van der Waals surface area contributed by atoms with Crippen molar-refractivity contribution in [2.24, 2.45) is 0 Å². The summed E-state index contributed by atoms with van der Waals surface area (Å²) in [5.41, 5.74) is 1.08. The number of aromatic nitrogens is 4. The van der Waals surface area contributed by atoms with Crippen LogP contribution in [0.15, 0.2) is 18.6 Å². The van der Waals surface area contributed by atoms with E-state index in [-0.39, 0.29) is 18.9 Å². The molecule has 0 atom stereocenters. The lowest BCUT2D eigenvalue weighted by Crippen LogP contribution is -2.46. The highest BCUT2D eigenvalue weighted by Crippen LogP contribution is 2.29. The van der Waals surface area contributed by atoms with E-state index >= 15 is 0 Å². The molecule has 5 N–H and O–H groups in total. The lowest BCUT2D eigenvalue weighted by molar-refractivity contribution is -0.172. The Bertz CT molecular complexity index is 1010. The Morgan fingerprint density at radius 2 is 1.81 bits per heavy atom. The molecule has 12 nitrogen and oxygen atoms in total. The molecule has 202 valence electrons. The molecule has 0 aliphatic carbocycles. The monoisotopic (exact) mass is 523 g/mol. The number of hydrogen-bond donors (Lipinski definition) is 5. The van der Waals surface area contributed by atoms with E-state index in [9.17, 15) is 13.2 Å². The molecule has 37 heavy (non-hydrogen) atoms. The molecular formula is C22H32F3N11O. The maximum atomic E-state index is 12.5. The van der Waals surface area contributed by atoms with Gasteiger partial charge in [-0.2, -0.15) is 18.2 Å². The van der Waals surface area contributed by atoms with Crippen molar-refractivity contribution in [3.05, 3.63) is 24.3 Å². The van der Waals surface area contributed by atoms with Crippen LogP contribution in [0.3, 0.4) is 0 Å². The number of alkyl halides is 3. The first-order valence-electron chi connectivity index (χ1n) is 12.2. The van der Waals surface area contributed by atoms with Crippen molar-refractivity contribution in [2.45, 2.75) is 6.18 Å². The van der Waals surface area contributed by atoms with Gasteiger partial charge in [-0.05, 0) is 6.07 Å². The van der Waals surface area contributed by atoms with E-state index in [1.54, 1.807) is 12.3 Å². The van der Waals surface area contributed by atoms with Crippen molar-refractivity contribution in [3.63, 3.8) is 0 Å². The van der Waals surface area contributed by atoms with Gasteiger partial charge < -0.3 is 36.3 Å². The summed E-state index contributed by atoms with van der Waals surface area (Å²) in [6, 6.07) is 1.68. The molecule has 0 radical (unpaired) electrons. The summed E-state index contributed by atoms with van der Waals surface area (Å²) in [5.74, 6) is 1.33. The lowest BCUT2D eigenvalue weighted by Gasteiger charge is -2.30. The third-order valence-electron chi connectivity index (χ3n) is 5.82. The molecule has 0 amide bonds. The average Bonchev–Trinajstić information content (AvgIpc) is 2.90. The van der Waals surface area contributed by atoms with E-state index in [2.05, 4.69) is 36.1 Å². The van der Waals surface area contributed by atoms with Crippen LogP contribution in [0, 0.1) is 5.41 Å². The summed E-state index contributed by atoms with van der Waals surface area (Å²) in [4.78, 5) is 21.8. The van der Waals surface area contributed by atoms with Gasteiger partial charge in [0.05, 0.1) is 12.3 Å². The first kappa shape index (κ1) is 26.9. The van der Waals surface area contributed by atoms with Crippen LogP contribution in [0.5, 0.6) is 0 Å². The number of nitrogens with one attached hydrogen (secondary N) is 5. The minimum Gasteiger partial charge on any atom is -0.378 e. The van der Waals surface area contributed by atoms with Crippen molar-refractivity contribution in [1.29, 1.82) is 5.41 Å². The second-order valence-corrected chi connectivity index (χ2v) is 8.65. The van der Waals surface area contributed by atoms with Gasteiger partial charge in [0.25, 0.3) is 0 Å². The average molecular weight is 524 g/mol. The fraction of sp³-hybridized carbons (Fsp3) is 0.591. The van der Waals surface area contributed by atoms with Gasteiger partial charge in [-0.25, -0.2) is 15.0 Å². The molecule has 2 aromatic rings. The first-order chi connectivity index (χ1) is 17.9. The minimum absolute atomic E-state index is 0.0682. The van der Waals surface area contributed by atoms with E-state index in [0.29, 0.717) is 48.6 Å². The first-order valence-corrected chi connectivity index (χ1v) is 12.2. The Balaban J connectivity index is 1.63. The van der Waals surface area contributed by atoms with E-state index < -0.39 is 12.8 Å². The van der Waals surface area contributed by atoms with Gasteiger partial charge in [0, 0.05) is 71.6 Å². The molecule has 0 aromatic carbocycles. The molecule has 2 aromatic heterocycles. The highest BCUT2D eigenvalue weighted by Gasteiger charge is 2.27. The standard InChI is InChI=1S/C22H32F3N11O/c23-22(24,25)14-37-12-7-30-19-18(16(26)13-35-8-3-27-4-9-35)33-21(36-10-5-28-6-11-36)34-20(19)32-17-1-2-29-15-31-17/h1-2,15,26-28,30H,3-14H2,(H,29,31,32,33,34). The van der Waals surface area contributed by atoms with Gasteiger partial charge >= 0.3 is 6.18 Å². The second kappa shape index (κ2) is 12.9. The molecule has 2 fully saturated rings. The van der Waals surface area contributed by atoms with Crippen molar-refractivity contribution >= 4 is 29.0 Å². The molecule has 15 heteroatoms. The summed E-state index contributed by atoms with van der Waals surface area (Å²) in [6.45, 7) is 5.19. The zero-order chi connectivity index (χ0) is 26.1. The van der Waals surface area contributed by atoms with Crippen LogP contribution in [0.2, 0.25) is 0 Å². The third kappa shape index (κ3) is 8.18. The molecule has 2 saturated heterocycles. The number of halogens is 3. The molecular weight excluding hydrogens is 491 g/mol. The molecule has 0 spiro atoms. The van der Waals surface area contributed by atoms with E-state index in [4.69, 9.17) is 20.1 Å². The summed E-state index contributed by atoms with van der Waals surface area (Å²) in [5, 5.41) is 21.8. The molecule has 2 aliphatic heterocycles. The fourth-order valence-corrected chi connectivity index (χ4v) is 4.02. The van der Waals surface area contributed by atoms with Gasteiger partial charge in [-0.3, -0.25) is 4.90 Å². The van der Waals surface area contributed by atoms with Crippen LogP contribution >= 0.6 is 0 Å². The Kier molecular flexibility index (Phi) is 9.38. The molecule has 2 aliphatic rings. The van der Waals surface area contributed by atoms with Crippen molar-refractivity contribution in [1.82, 2.24) is 35.5 Å². The summed E-state index contributed by atoms with van der Waals surface area (Å²) in [7, 11) is 0. The number of anilines is 4. The topological polar surface area (TPSA) is 139 Å². The number of hydrogen-bond acceptors (Lipinski definition) is 12. The van der Waals surface area contributed by atoms with Gasteiger partial charge in [0.1, 0.15) is 30.1 Å². The van der Waals surface area contributed by atoms with Crippen LogP contribution in [0.1, 0.15) is 5.69 Å². The predicted molar refractivity (Wildman–Crippen MR) is 134 cm³/mol. The van der Waals surface area contributed by atoms with Gasteiger partial charge in [-0.15, -0.1) is 0 Å². The van der Waals surface area contributed by atoms with Crippen molar-refractivity contribution in [2.75, 3.05) is 94.2 Å².